The van der Waals surface area contributed by atoms with E-state index in [-0.39, 0.29) is 18.3 Å². The second-order valence-corrected chi connectivity index (χ2v) is 4.32. The van der Waals surface area contributed by atoms with Gasteiger partial charge in [0.15, 0.2) is 0 Å². The number of hydrogen-bond donors (Lipinski definition) is 1. The molecule has 0 aromatic heterocycles. The van der Waals surface area contributed by atoms with Crippen LogP contribution in [0, 0.1) is 5.82 Å². The summed E-state index contributed by atoms with van der Waals surface area (Å²) in [5.41, 5.74) is 4.69. The Morgan fingerprint density at radius 2 is 2.11 bits per heavy atom. The number of rotatable bonds is 2. The third-order valence-corrected chi connectivity index (χ3v) is 3.08. The average Bonchev–Trinajstić information content (AvgIpc) is 2.37. The molecule has 0 spiro atoms. The summed E-state index contributed by atoms with van der Waals surface area (Å²) in [6.45, 7) is 1.40. The van der Waals surface area contributed by atoms with Crippen molar-refractivity contribution in [2.24, 2.45) is 5.73 Å². The molecule has 0 saturated carbocycles. The fraction of sp³-hybridized carbons (Fsp3) is 0.500. The molecule has 7 heteroatoms. The van der Waals surface area contributed by atoms with Crippen LogP contribution in [0.2, 0.25) is 0 Å². The Kier molecular flexibility index (Phi) is 3.96. The molecule has 19 heavy (non-hydrogen) atoms. The molecule has 106 valence electrons. The van der Waals surface area contributed by atoms with Gasteiger partial charge in [0.25, 0.3) is 0 Å². The third-order valence-electron chi connectivity index (χ3n) is 3.08. The number of anilines is 1. The zero-order valence-electron chi connectivity index (χ0n) is 10.1. The summed E-state index contributed by atoms with van der Waals surface area (Å²) in [6.07, 6.45) is -4.54. The molecule has 1 saturated heterocycles. The summed E-state index contributed by atoms with van der Waals surface area (Å²) in [5.74, 6) is -0.893. The minimum absolute atomic E-state index is 0.131. The molecule has 1 unspecified atom stereocenters. The van der Waals surface area contributed by atoms with Gasteiger partial charge in [0.05, 0.1) is 30.5 Å². The van der Waals surface area contributed by atoms with Crippen molar-refractivity contribution < 1.29 is 22.3 Å². The zero-order chi connectivity index (χ0) is 14.0. The first kappa shape index (κ1) is 14.1. The normalized spacial score (nSPS) is 20.7. The highest BCUT2D eigenvalue weighted by atomic mass is 19.4. The van der Waals surface area contributed by atoms with E-state index >= 15 is 0 Å². The molecule has 0 amide bonds. The number of benzene rings is 1. The van der Waals surface area contributed by atoms with E-state index in [1.807, 2.05) is 0 Å². The van der Waals surface area contributed by atoms with Crippen LogP contribution in [0.1, 0.15) is 5.56 Å². The van der Waals surface area contributed by atoms with E-state index < -0.39 is 17.6 Å². The molecule has 1 heterocycles. The molecule has 1 aliphatic heterocycles. The monoisotopic (exact) mass is 278 g/mol. The van der Waals surface area contributed by atoms with Crippen LogP contribution in [-0.4, -0.2) is 32.3 Å². The van der Waals surface area contributed by atoms with Crippen molar-refractivity contribution in [3.8, 4) is 0 Å². The number of nitrogens with zero attached hydrogens (tertiary/aromatic N) is 1. The van der Waals surface area contributed by atoms with E-state index in [9.17, 15) is 17.6 Å². The predicted molar refractivity (Wildman–Crippen MR) is 62.4 cm³/mol. The van der Waals surface area contributed by atoms with E-state index in [1.165, 1.54) is 0 Å². The van der Waals surface area contributed by atoms with E-state index in [2.05, 4.69) is 0 Å². The SMILES string of the molecule is NCC1COCCN1c1ccc(C(F)(F)F)cc1F. The molecular weight excluding hydrogens is 264 g/mol. The maximum absolute atomic E-state index is 13.9. The molecular formula is C12H14F4N2O. The Morgan fingerprint density at radius 1 is 1.37 bits per heavy atom. The molecule has 2 N–H and O–H groups in total. The molecule has 0 radical (unpaired) electrons. The number of ether oxygens (including phenoxy) is 1. The maximum Gasteiger partial charge on any atom is 0.416 e. The van der Waals surface area contributed by atoms with Crippen LogP contribution in [0.15, 0.2) is 18.2 Å². The van der Waals surface area contributed by atoms with Crippen molar-refractivity contribution in [2.75, 3.05) is 31.2 Å². The smallest absolute Gasteiger partial charge is 0.377 e. The Hall–Kier alpha value is -1.34. The molecule has 1 aliphatic rings. The number of alkyl halides is 3. The number of halogens is 4. The van der Waals surface area contributed by atoms with E-state index in [0.29, 0.717) is 25.8 Å². The Balaban J connectivity index is 2.30. The van der Waals surface area contributed by atoms with Crippen LogP contribution in [0.25, 0.3) is 0 Å². The lowest BCUT2D eigenvalue weighted by Crippen LogP contribution is -2.49. The Morgan fingerprint density at radius 3 is 2.68 bits per heavy atom. The first-order valence-electron chi connectivity index (χ1n) is 5.84. The lowest BCUT2D eigenvalue weighted by Gasteiger charge is -2.36. The van der Waals surface area contributed by atoms with Crippen molar-refractivity contribution in [3.63, 3.8) is 0 Å². The van der Waals surface area contributed by atoms with Crippen molar-refractivity contribution in [3.05, 3.63) is 29.6 Å². The lowest BCUT2D eigenvalue weighted by molar-refractivity contribution is -0.137. The fourth-order valence-electron chi connectivity index (χ4n) is 2.08. The van der Waals surface area contributed by atoms with Crippen LogP contribution < -0.4 is 10.6 Å². The maximum atomic E-state index is 13.9. The van der Waals surface area contributed by atoms with Crippen molar-refractivity contribution in [2.45, 2.75) is 12.2 Å². The summed E-state index contributed by atoms with van der Waals surface area (Å²) in [7, 11) is 0. The van der Waals surface area contributed by atoms with Gasteiger partial charge in [-0.3, -0.25) is 0 Å². The fourth-order valence-corrected chi connectivity index (χ4v) is 2.08. The first-order chi connectivity index (χ1) is 8.93. The van der Waals surface area contributed by atoms with Gasteiger partial charge in [-0.25, -0.2) is 4.39 Å². The second-order valence-electron chi connectivity index (χ2n) is 4.32. The lowest BCUT2D eigenvalue weighted by atomic mass is 10.1. The minimum Gasteiger partial charge on any atom is -0.377 e. The van der Waals surface area contributed by atoms with Gasteiger partial charge < -0.3 is 15.4 Å². The van der Waals surface area contributed by atoms with Crippen LogP contribution >= 0.6 is 0 Å². The highest BCUT2D eigenvalue weighted by Gasteiger charge is 2.32. The number of hydrogen-bond acceptors (Lipinski definition) is 3. The Bertz CT molecular complexity index is 450. The van der Waals surface area contributed by atoms with Gasteiger partial charge in [-0.15, -0.1) is 0 Å². The predicted octanol–water partition coefficient (Wildman–Crippen LogP) is 2.01. The van der Waals surface area contributed by atoms with Gasteiger partial charge in [-0.05, 0) is 18.2 Å². The molecule has 1 fully saturated rings. The molecule has 0 aliphatic carbocycles. The largest absolute Gasteiger partial charge is 0.416 e. The van der Waals surface area contributed by atoms with Crippen molar-refractivity contribution >= 4 is 5.69 Å². The quantitative estimate of drug-likeness (QED) is 0.841. The Labute approximate surface area is 107 Å². The summed E-state index contributed by atoms with van der Waals surface area (Å²) >= 11 is 0. The average molecular weight is 278 g/mol. The minimum atomic E-state index is -4.54. The van der Waals surface area contributed by atoms with Crippen LogP contribution in [0.5, 0.6) is 0 Å². The second kappa shape index (κ2) is 5.34. The summed E-state index contributed by atoms with van der Waals surface area (Å²) in [4.78, 5) is 1.65. The summed E-state index contributed by atoms with van der Waals surface area (Å²) in [6, 6.07) is 2.31. The third kappa shape index (κ3) is 2.98. The molecule has 1 aromatic carbocycles. The van der Waals surface area contributed by atoms with Gasteiger partial charge in [-0.2, -0.15) is 13.2 Å². The molecule has 3 nitrogen and oxygen atoms in total. The summed E-state index contributed by atoms with van der Waals surface area (Å²) < 4.78 is 56.5. The number of nitrogens with two attached hydrogens (primary N) is 1. The van der Waals surface area contributed by atoms with Crippen molar-refractivity contribution in [1.82, 2.24) is 0 Å². The molecule has 1 aromatic rings. The van der Waals surface area contributed by atoms with Gasteiger partial charge in [-0.1, -0.05) is 0 Å². The molecule has 2 rings (SSSR count). The van der Waals surface area contributed by atoms with Gasteiger partial charge >= 0.3 is 6.18 Å². The van der Waals surface area contributed by atoms with Crippen molar-refractivity contribution in [1.29, 1.82) is 0 Å². The summed E-state index contributed by atoms with van der Waals surface area (Å²) in [5, 5.41) is 0. The molecule has 0 bridgehead atoms. The standard InChI is InChI=1S/C12H14F4N2O/c13-10-5-8(12(14,15)16)1-2-11(10)18-3-4-19-7-9(18)6-17/h1-2,5,9H,3-4,6-7,17H2. The van der Waals surface area contributed by atoms with Gasteiger partial charge in [0.2, 0.25) is 0 Å². The topological polar surface area (TPSA) is 38.5 Å². The van der Waals surface area contributed by atoms with Crippen LogP contribution in [0.3, 0.4) is 0 Å². The van der Waals surface area contributed by atoms with Crippen LogP contribution in [-0.2, 0) is 10.9 Å². The highest BCUT2D eigenvalue weighted by molar-refractivity contribution is 5.51. The number of morpholine rings is 1. The van der Waals surface area contributed by atoms with Gasteiger partial charge in [0.1, 0.15) is 5.82 Å². The highest BCUT2D eigenvalue weighted by Crippen LogP contribution is 2.33. The van der Waals surface area contributed by atoms with Crippen LogP contribution in [0.4, 0.5) is 23.2 Å². The zero-order valence-corrected chi connectivity index (χ0v) is 10.1. The van der Waals surface area contributed by atoms with E-state index in [0.717, 1.165) is 12.1 Å². The van der Waals surface area contributed by atoms with Gasteiger partial charge in [0, 0.05) is 13.1 Å². The van der Waals surface area contributed by atoms with E-state index in [1.54, 1.807) is 4.90 Å². The van der Waals surface area contributed by atoms with E-state index in [4.69, 9.17) is 10.5 Å². The molecule has 1 atom stereocenters. The first-order valence-corrected chi connectivity index (χ1v) is 5.84.